The van der Waals surface area contributed by atoms with E-state index in [1.165, 1.54) is 0 Å². The van der Waals surface area contributed by atoms with Crippen molar-refractivity contribution < 1.29 is 4.74 Å². The normalized spacial score (nSPS) is 17.4. The summed E-state index contributed by atoms with van der Waals surface area (Å²) in [5.74, 6) is 0.932. The Balaban J connectivity index is 1.94. The Morgan fingerprint density at radius 1 is 1.17 bits per heavy atom. The first-order valence-electron chi connectivity index (χ1n) is 10.3. The molecule has 0 aromatic carbocycles. The molecule has 1 saturated heterocycles. The fraction of sp³-hybridized carbons (Fsp3) is 0.391. The molecule has 0 aliphatic carbocycles. The number of anilines is 1. The lowest BCUT2D eigenvalue weighted by Crippen LogP contribution is -2.44. The van der Waals surface area contributed by atoms with Crippen LogP contribution in [0.1, 0.15) is 35.3 Å². The van der Waals surface area contributed by atoms with Crippen LogP contribution in [-0.2, 0) is 4.74 Å². The summed E-state index contributed by atoms with van der Waals surface area (Å²) in [5.41, 5.74) is 7.84. The van der Waals surface area contributed by atoms with E-state index in [1.54, 1.807) is 13.2 Å². The molecular weight excluding hydrogens is 376 g/mol. The predicted molar refractivity (Wildman–Crippen MR) is 119 cm³/mol. The van der Waals surface area contributed by atoms with Crippen molar-refractivity contribution in [3.8, 4) is 11.1 Å². The van der Waals surface area contributed by atoms with Gasteiger partial charge in [0.2, 0.25) is 0 Å². The van der Waals surface area contributed by atoms with Gasteiger partial charge in [0, 0.05) is 36.7 Å². The van der Waals surface area contributed by atoms with Crippen LogP contribution < -0.4 is 4.90 Å². The maximum atomic E-state index is 5.65. The quantitative estimate of drug-likeness (QED) is 0.674. The van der Waals surface area contributed by atoms with Gasteiger partial charge in [-0.3, -0.25) is 15.1 Å². The van der Waals surface area contributed by atoms with Crippen LogP contribution in [0.2, 0.25) is 0 Å². The molecule has 1 atom stereocenters. The number of ether oxygens (including phenoxy) is 1. The molecule has 30 heavy (non-hydrogen) atoms. The first-order chi connectivity index (χ1) is 14.5. The number of nitrogens with one attached hydrogen (secondary N) is 1. The SMILES string of the molecule is CN=C(c1ccn[nH]1)c1nc(N2CCOC[C@H]2C)cc(-c2ccc(C)nc2C)c1C. The van der Waals surface area contributed by atoms with Crippen LogP contribution in [0.3, 0.4) is 0 Å². The zero-order valence-corrected chi connectivity index (χ0v) is 18.2. The van der Waals surface area contributed by atoms with E-state index in [0.29, 0.717) is 13.2 Å². The van der Waals surface area contributed by atoms with E-state index in [1.807, 2.05) is 13.0 Å². The third-order valence-electron chi connectivity index (χ3n) is 5.64. The summed E-state index contributed by atoms with van der Waals surface area (Å²) in [6.07, 6.45) is 1.73. The zero-order valence-electron chi connectivity index (χ0n) is 18.2. The molecule has 0 amide bonds. The molecular formula is C23H28N6O. The van der Waals surface area contributed by atoms with Gasteiger partial charge in [-0.1, -0.05) is 6.07 Å². The smallest absolute Gasteiger partial charge is 0.130 e. The zero-order chi connectivity index (χ0) is 21.3. The van der Waals surface area contributed by atoms with Gasteiger partial charge < -0.3 is 9.64 Å². The lowest BCUT2D eigenvalue weighted by Gasteiger charge is -2.35. The number of aliphatic imine (C=N–C) groups is 1. The van der Waals surface area contributed by atoms with Gasteiger partial charge in [0.05, 0.1) is 30.6 Å². The van der Waals surface area contributed by atoms with Crippen LogP contribution in [0.5, 0.6) is 0 Å². The van der Waals surface area contributed by atoms with Crippen molar-refractivity contribution >= 4 is 11.5 Å². The van der Waals surface area contributed by atoms with Crippen LogP contribution >= 0.6 is 0 Å². The Morgan fingerprint density at radius 3 is 2.67 bits per heavy atom. The Morgan fingerprint density at radius 2 is 2.00 bits per heavy atom. The first-order valence-corrected chi connectivity index (χ1v) is 10.3. The van der Waals surface area contributed by atoms with E-state index >= 15 is 0 Å². The minimum atomic E-state index is 0.251. The molecule has 1 fully saturated rings. The lowest BCUT2D eigenvalue weighted by molar-refractivity contribution is 0.0985. The molecule has 0 saturated carbocycles. The Labute approximate surface area is 177 Å². The molecule has 1 N–H and O–H groups in total. The van der Waals surface area contributed by atoms with Gasteiger partial charge in [0.25, 0.3) is 0 Å². The summed E-state index contributed by atoms with van der Waals surface area (Å²) in [7, 11) is 1.79. The standard InChI is InChI=1S/C23H28N6O/c1-14-6-7-18(17(4)26-14)19-12-21(29-10-11-30-13-15(29)2)27-22(16(19)3)23(24-5)20-8-9-25-28-20/h6-9,12,15H,10-11,13H2,1-5H3,(H,25,28)/t15-/m1/s1. The Hall–Kier alpha value is -3.06. The summed E-state index contributed by atoms with van der Waals surface area (Å²) in [4.78, 5) is 16.6. The highest BCUT2D eigenvalue weighted by Crippen LogP contribution is 2.32. The monoisotopic (exact) mass is 404 g/mol. The molecule has 4 rings (SSSR count). The number of morpholine rings is 1. The number of hydrogen-bond donors (Lipinski definition) is 1. The summed E-state index contributed by atoms with van der Waals surface area (Å²) < 4.78 is 5.65. The number of aromatic amines is 1. The molecule has 0 unspecified atom stereocenters. The highest BCUT2D eigenvalue weighted by atomic mass is 16.5. The third kappa shape index (κ3) is 3.73. The van der Waals surface area contributed by atoms with E-state index in [0.717, 1.165) is 57.5 Å². The molecule has 7 nitrogen and oxygen atoms in total. The minimum absolute atomic E-state index is 0.251. The summed E-state index contributed by atoms with van der Waals surface area (Å²) >= 11 is 0. The van der Waals surface area contributed by atoms with Crippen LogP contribution in [0.15, 0.2) is 35.5 Å². The van der Waals surface area contributed by atoms with E-state index in [4.69, 9.17) is 14.7 Å². The van der Waals surface area contributed by atoms with Gasteiger partial charge in [-0.2, -0.15) is 5.10 Å². The maximum Gasteiger partial charge on any atom is 0.130 e. The molecule has 4 heterocycles. The van der Waals surface area contributed by atoms with Crippen molar-refractivity contribution in [2.45, 2.75) is 33.7 Å². The number of rotatable bonds is 4. The second kappa shape index (κ2) is 8.36. The number of pyridine rings is 2. The van der Waals surface area contributed by atoms with E-state index in [9.17, 15) is 0 Å². The van der Waals surface area contributed by atoms with Gasteiger partial charge in [-0.15, -0.1) is 0 Å². The minimum Gasteiger partial charge on any atom is -0.377 e. The number of aromatic nitrogens is 4. The van der Waals surface area contributed by atoms with Crippen LogP contribution in [-0.4, -0.2) is 58.7 Å². The number of hydrogen-bond acceptors (Lipinski definition) is 6. The van der Waals surface area contributed by atoms with Crippen molar-refractivity contribution in [3.63, 3.8) is 0 Å². The topological polar surface area (TPSA) is 79.3 Å². The van der Waals surface area contributed by atoms with E-state index in [-0.39, 0.29) is 6.04 Å². The van der Waals surface area contributed by atoms with Crippen molar-refractivity contribution in [2.75, 3.05) is 31.7 Å². The van der Waals surface area contributed by atoms with E-state index < -0.39 is 0 Å². The molecule has 0 spiro atoms. The first kappa shape index (κ1) is 20.2. The van der Waals surface area contributed by atoms with E-state index in [2.05, 4.69) is 59.1 Å². The van der Waals surface area contributed by atoms with Crippen molar-refractivity contribution in [1.29, 1.82) is 0 Å². The number of H-pyrrole nitrogens is 1. The van der Waals surface area contributed by atoms with Crippen molar-refractivity contribution in [2.24, 2.45) is 4.99 Å². The van der Waals surface area contributed by atoms with Gasteiger partial charge >= 0.3 is 0 Å². The fourth-order valence-corrected chi connectivity index (χ4v) is 4.03. The summed E-state index contributed by atoms with van der Waals surface area (Å²) in [5, 5.41) is 7.14. The van der Waals surface area contributed by atoms with Crippen LogP contribution in [0, 0.1) is 20.8 Å². The third-order valence-corrected chi connectivity index (χ3v) is 5.64. The predicted octanol–water partition coefficient (Wildman–Crippen LogP) is 3.48. The molecule has 1 aliphatic rings. The molecule has 0 radical (unpaired) electrons. The molecule has 7 heteroatoms. The second-order valence-corrected chi connectivity index (χ2v) is 7.75. The van der Waals surface area contributed by atoms with Gasteiger partial charge in [0.15, 0.2) is 0 Å². The summed E-state index contributed by atoms with van der Waals surface area (Å²) in [6.45, 7) is 10.5. The fourth-order valence-electron chi connectivity index (χ4n) is 4.03. The molecule has 3 aromatic rings. The summed E-state index contributed by atoms with van der Waals surface area (Å²) in [6, 6.07) is 8.56. The number of nitrogens with zero attached hydrogens (tertiary/aromatic N) is 5. The van der Waals surface area contributed by atoms with Gasteiger partial charge in [-0.05, 0) is 57.0 Å². The van der Waals surface area contributed by atoms with Gasteiger partial charge in [0.1, 0.15) is 11.5 Å². The molecule has 0 bridgehead atoms. The average molecular weight is 405 g/mol. The lowest BCUT2D eigenvalue weighted by atomic mass is 9.95. The Kier molecular flexibility index (Phi) is 5.63. The molecule has 3 aromatic heterocycles. The Bertz CT molecular complexity index is 1070. The average Bonchev–Trinajstić information content (AvgIpc) is 3.25. The highest BCUT2D eigenvalue weighted by molar-refractivity contribution is 6.12. The van der Waals surface area contributed by atoms with Crippen LogP contribution in [0.25, 0.3) is 11.1 Å². The number of aryl methyl sites for hydroxylation is 2. The van der Waals surface area contributed by atoms with Gasteiger partial charge in [-0.25, -0.2) is 4.98 Å². The largest absolute Gasteiger partial charge is 0.377 e. The van der Waals surface area contributed by atoms with Crippen molar-refractivity contribution in [1.82, 2.24) is 20.2 Å². The molecule has 156 valence electrons. The highest BCUT2D eigenvalue weighted by Gasteiger charge is 2.25. The van der Waals surface area contributed by atoms with Crippen molar-refractivity contribution in [3.05, 3.63) is 58.8 Å². The van der Waals surface area contributed by atoms with Crippen LogP contribution in [0.4, 0.5) is 5.82 Å². The molecule has 1 aliphatic heterocycles. The maximum absolute atomic E-state index is 5.65. The second-order valence-electron chi connectivity index (χ2n) is 7.75.